The van der Waals surface area contributed by atoms with Crippen LogP contribution in [-0.2, 0) is 6.54 Å². The Morgan fingerprint density at radius 2 is 2.58 bits per heavy atom. The maximum atomic E-state index is 11.0. The minimum atomic E-state index is -0.141. The van der Waals surface area contributed by atoms with Crippen LogP contribution in [0.2, 0.25) is 0 Å². The van der Waals surface area contributed by atoms with Crippen LogP contribution in [0.25, 0.3) is 0 Å². The molecule has 0 saturated heterocycles. The van der Waals surface area contributed by atoms with Crippen molar-refractivity contribution in [1.29, 1.82) is 0 Å². The molecule has 5 nitrogen and oxygen atoms in total. The van der Waals surface area contributed by atoms with Gasteiger partial charge in [0, 0.05) is 6.54 Å². The highest BCUT2D eigenvalue weighted by molar-refractivity contribution is 4.66. The van der Waals surface area contributed by atoms with Crippen molar-refractivity contribution >= 4 is 0 Å². The van der Waals surface area contributed by atoms with Crippen LogP contribution < -0.4 is 11.0 Å². The van der Waals surface area contributed by atoms with E-state index in [0.29, 0.717) is 12.5 Å². The van der Waals surface area contributed by atoms with Crippen molar-refractivity contribution in [1.82, 2.24) is 20.1 Å². The van der Waals surface area contributed by atoms with Crippen molar-refractivity contribution in [2.75, 3.05) is 13.6 Å². The molecule has 0 aliphatic heterocycles. The lowest BCUT2D eigenvalue weighted by Crippen LogP contribution is -2.25. The van der Waals surface area contributed by atoms with E-state index in [1.165, 1.54) is 6.33 Å². The molecule has 12 heavy (non-hydrogen) atoms. The number of aromatic amines is 1. The van der Waals surface area contributed by atoms with Crippen molar-refractivity contribution in [2.24, 2.45) is 5.92 Å². The summed E-state index contributed by atoms with van der Waals surface area (Å²) in [6, 6.07) is 0. The second kappa shape index (κ2) is 4.06. The van der Waals surface area contributed by atoms with E-state index < -0.39 is 0 Å². The Morgan fingerprint density at radius 1 is 1.83 bits per heavy atom. The number of rotatable bonds is 4. The summed E-state index contributed by atoms with van der Waals surface area (Å²) in [5.41, 5.74) is -0.141. The van der Waals surface area contributed by atoms with Gasteiger partial charge in [0.1, 0.15) is 6.33 Å². The molecule has 0 amide bonds. The van der Waals surface area contributed by atoms with E-state index in [0.717, 1.165) is 6.54 Å². The van der Waals surface area contributed by atoms with Gasteiger partial charge in [-0.2, -0.15) is 5.10 Å². The zero-order chi connectivity index (χ0) is 8.97. The van der Waals surface area contributed by atoms with Crippen LogP contribution in [0.15, 0.2) is 11.1 Å². The Morgan fingerprint density at radius 3 is 3.08 bits per heavy atom. The molecule has 1 atom stereocenters. The molecule has 1 unspecified atom stereocenters. The van der Waals surface area contributed by atoms with E-state index in [-0.39, 0.29) is 5.69 Å². The van der Waals surface area contributed by atoms with Crippen LogP contribution in [-0.4, -0.2) is 28.4 Å². The third-order valence-electron chi connectivity index (χ3n) is 1.68. The summed E-state index contributed by atoms with van der Waals surface area (Å²) in [5, 5.41) is 9.05. The third kappa shape index (κ3) is 2.20. The van der Waals surface area contributed by atoms with Crippen molar-refractivity contribution in [3.05, 3.63) is 16.8 Å². The molecule has 5 heteroatoms. The molecule has 0 spiro atoms. The number of nitrogens with one attached hydrogen (secondary N) is 2. The molecule has 0 bridgehead atoms. The van der Waals surface area contributed by atoms with Crippen molar-refractivity contribution in [3.63, 3.8) is 0 Å². The van der Waals surface area contributed by atoms with Crippen molar-refractivity contribution in [2.45, 2.75) is 13.5 Å². The van der Waals surface area contributed by atoms with Gasteiger partial charge < -0.3 is 5.32 Å². The number of H-pyrrole nitrogens is 1. The van der Waals surface area contributed by atoms with Gasteiger partial charge >= 0.3 is 5.69 Å². The monoisotopic (exact) mass is 170 g/mol. The van der Waals surface area contributed by atoms with Crippen molar-refractivity contribution in [3.8, 4) is 0 Å². The zero-order valence-electron chi connectivity index (χ0n) is 7.37. The van der Waals surface area contributed by atoms with Gasteiger partial charge in [-0.05, 0) is 19.5 Å². The minimum absolute atomic E-state index is 0.141. The summed E-state index contributed by atoms with van der Waals surface area (Å²) >= 11 is 0. The first-order valence-corrected chi connectivity index (χ1v) is 3.98. The number of aromatic nitrogens is 3. The second-order valence-electron chi connectivity index (χ2n) is 2.98. The van der Waals surface area contributed by atoms with E-state index in [1.54, 1.807) is 4.57 Å². The van der Waals surface area contributed by atoms with E-state index in [4.69, 9.17) is 0 Å². The molecule has 0 aliphatic rings. The standard InChI is InChI=1S/C7H14N4O/c1-6(3-8-2)4-11-5-9-10-7(11)12/h5-6,8H,3-4H2,1-2H3,(H,10,12). The largest absolute Gasteiger partial charge is 0.343 e. The summed E-state index contributed by atoms with van der Waals surface area (Å²) in [6.07, 6.45) is 1.52. The summed E-state index contributed by atoms with van der Waals surface area (Å²) < 4.78 is 1.57. The predicted octanol–water partition coefficient (Wildman–Crippen LogP) is -0.573. The predicted molar refractivity (Wildman–Crippen MR) is 45.9 cm³/mol. The van der Waals surface area contributed by atoms with Gasteiger partial charge in [0.15, 0.2) is 0 Å². The zero-order valence-corrected chi connectivity index (χ0v) is 7.37. The van der Waals surface area contributed by atoms with Gasteiger partial charge in [0.2, 0.25) is 0 Å². The first-order chi connectivity index (χ1) is 5.74. The van der Waals surface area contributed by atoms with Gasteiger partial charge in [-0.3, -0.25) is 4.57 Å². The minimum Gasteiger partial charge on any atom is -0.319 e. The molecular formula is C7H14N4O. The Labute approximate surface area is 70.8 Å². The fourth-order valence-corrected chi connectivity index (χ4v) is 1.15. The van der Waals surface area contributed by atoms with E-state index in [2.05, 4.69) is 22.4 Å². The molecule has 0 saturated carbocycles. The lowest BCUT2D eigenvalue weighted by atomic mass is 10.2. The molecule has 1 aromatic rings. The fourth-order valence-electron chi connectivity index (χ4n) is 1.15. The third-order valence-corrected chi connectivity index (χ3v) is 1.68. The first kappa shape index (κ1) is 8.99. The van der Waals surface area contributed by atoms with Crippen LogP contribution in [0.5, 0.6) is 0 Å². The summed E-state index contributed by atoms with van der Waals surface area (Å²) in [5.74, 6) is 0.435. The Hall–Kier alpha value is -1.10. The second-order valence-corrected chi connectivity index (χ2v) is 2.98. The molecule has 0 aromatic carbocycles. The average molecular weight is 170 g/mol. The Bertz CT molecular complexity index is 277. The molecule has 0 aliphatic carbocycles. The van der Waals surface area contributed by atoms with Gasteiger partial charge in [0.05, 0.1) is 0 Å². The van der Waals surface area contributed by atoms with E-state index >= 15 is 0 Å². The molecule has 1 rings (SSSR count). The fraction of sp³-hybridized carbons (Fsp3) is 0.714. The molecule has 0 fully saturated rings. The SMILES string of the molecule is CNCC(C)Cn1cn[nH]c1=O. The number of hydrogen-bond acceptors (Lipinski definition) is 3. The molecule has 1 heterocycles. The number of nitrogens with zero attached hydrogens (tertiary/aromatic N) is 2. The molecule has 2 N–H and O–H groups in total. The van der Waals surface area contributed by atoms with Gasteiger partial charge in [-0.1, -0.05) is 6.92 Å². The Kier molecular flexibility index (Phi) is 3.04. The highest BCUT2D eigenvalue weighted by Crippen LogP contribution is 1.94. The highest BCUT2D eigenvalue weighted by atomic mass is 16.1. The van der Waals surface area contributed by atoms with Gasteiger partial charge in [-0.15, -0.1) is 0 Å². The van der Waals surface area contributed by atoms with Crippen LogP contribution >= 0.6 is 0 Å². The summed E-state index contributed by atoms with van der Waals surface area (Å²) in [4.78, 5) is 11.0. The smallest absolute Gasteiger partial charge is 0.319 e. The molecule has 1 aromatic heterocycles. The first-order valence-electron chi connectivity index (χ1n) is 3.98. The van der Waals surface area contributed by atoms with Crippen LogP contribution in [0.3, 0.4) is 0 Å². The molecular weight excluding hydrogens is 156 g/mol. The molecule has 0 radical (unpaired) electrons. The molecule has 68 valence electrons. The summed E-state index contributed by atoms with van der Waals surface area (Å²) in [6.45, 7) is 3.68. The normalized spacial score (nSPS) is 13.2. The van der Waals surface area contributed by atoms with Crippen LogP contribution in [0.4, 0.5) is 0 Å². The number of hydrogen-bond donors (Lipinski definition) is 2. The quantitative estimate of drug-likeness (QED) is 0.636. The van der Waals surface area contributed by atoms with Crippen molar-refractivity contribution < 1.29 is 0 Å². The Balaban J connectivity index is 2.52. The maximum Gasteiger partial charge on any atom is 0.343 e. The lowest BCUT2D eigenvalue weighted by Gasteiger charge is -2.09. The van der Waals surface area contributed by atoms with Gasteiger partial charge in [0.25, 0.3) is 0 Å². The average Bonchev–Trinajstić information content (AvgIpc) is 2.37. The van der Waals surface area contributed by atoms with Crippen LogP contribution in [0, 0.1) is 5.92 Å². The highest BCUT2D eigenvalue weighted by Gasteiger charge is 2.03. The van der Waals surface area contributed by atoms with E-state index in [1.807, 2.05) is 7.05 Å². The van der Waals surface area contributed by atoms with Gasteiger partial charge in [-0.25, -0.2) is 9.89 Å². The van der Waals surface area contributed by atoms with Crippen LogP contribution in [0.1, 0.15) is 6.92 Å². The lowest BCUT2D eigenvalue weighted by molar-refractivity contribution is 0.455. The van der Waals surface area contributed by atoms with E-state index in [9.17, 15) is 4.79 Å². The maximum absolute atomic E-state index is 11.0. The topological polar surface area (TPSA) is 62.7 Å². The summed E-state index contributed by atoms with van der Waals surface area (Å²) in [7, 11) is 1.90.